The number of amides is 1. The molecule has 1 rings (SSSR count). The van der Waals surface area contributed by atoms with Gasteiger partial charge in [0.15, 0.2) is 6.29 Å². The van der Waals surface area contributed by atoms with Crippen LogP contribution in [0.2, 0.25) is 0 Å². The predicted octanol–water partition coefficient (Wildman–Crippen LogP) is 11.4. The van der Waals surface area contributed by atoms with Gasteiger partial charge in [-0.15, -0.1) is 0 Å². The predicted molar refractivity (Wildman–Crippen MR) is 253 cm³/mol. The number of aliphatic hydroxyl groups is 5. The third-order valence-electron chi connectivity index (χ3n) is 11.8. The van der Waals surface area contributed by atoms with E-state index in [1.807, 2.05) is 6.08 Å². The molecule has 0 aromatic heterocycles. The molecule has 0 aliphatic carbocycles. The van der Waals surface area contributed by atoms with Gasteiger partial charge in [-0.1, -0.05) is 197 Å². The highest BCUT2D eigenvalue weighted by atomic mass is 16.7. The van der Waals surface area contributed by atoms with E-state index in [0.29, 0.717) is 6.42 Å². The molecule has 1 aliphatic rings. The fourth-order valence-electron chi connectivity index (χ4n) is 7.78. The number of aliphatic hydroxyl groups excluding tert-OH is 5. The summed E-state index contributed by atoms with van der Waals surface area (Å²) >= 11 is 0. The zero-order valence-corrected chi connectivity index (χ0v) is 39.2. The lowest BCUT2D eigenvalue weighted by Gasteiger charge is -2.40. The summed E-state index contributed by atoms with van der Waals surface area (Å²) in [5.41, 5.74) is 0. The SMILES string of the molecule is CCC/C=C/CC/C=C/CC/C=C/C(O)C(COC1OC(CO)C(O)C(O)C1O)NC(=O)CCCCCCCCCCCCCCCCC/C=C\CCCCCCCCCC. The monoisotopic (exact) mass is 862 g/mol. The van der Waals surface area contributed by atoms with Crippen LogP contribution in [0.15, 0.2) is 48.6 Å². The van der Waals surface area contributed by atoms with Gasteiger partial charge < -0.3 is 40.3 Å². The van der Waals surface area contributed by atoms with Crippen LogP contribution in [0, 0.1) is 0 Å². The van der Waals surface area contributed by atoms with Crippen LogP contribution in [0.4, 0.5) is 0 Å². The molecule has 1 aliphatic heterocycles. The number of rotatable bonds is 42. The fraction of sp³-hybridized carbons (Fsp3) is 0.827. The Kier molecular flexibility index (Phi) is 39.5. The van der Waals surface area contributed by atoms with Crippen molar-refractivity contribution in [3.63, 3.8) is 0 Å². The second-order valence-electron chi connectivity index (χ2n) is 17.6. The molecule has 1 saturated heterocycles. The van der Waals surface area contributed by atoms with Crippen LogP contribution in [-0.2, 0) is 14.3 Å². The number of ether oxygens (including phenoxy) is 2. The third kappa shape index (κ3) is 32.5. The van der Waals surface area contributed by atoms with Crippen LogP contribution in [0.5, 0.6) is 0 Å². The average Bonchev–Trinajstić information content (AvgIpc) is 3.26. The van der Waals surface area contributed by atoms with Crippen LogP contribution in [0.1, 0.15) is 219 Å². The Bertz CT molecular complexity index is 1090. The molecule has 356 valence electrons. The van der Waals surface area contributed by atoms with E-state index in [1.165, 1.54) is 141 Å². The fourth-order valence-corrected chi connectivity index (χ4v) is 7.78. The van der Waals surface area contributed by atoms with Gasteiger partial charge in [0, 0.05) is 6.42 Å². The number of carbonyl (C=O) groups excluding carboxylic acids is 1. The Balaban J connectivity index is 2.19. The van der Waals surface area contributed by atoms with E-state index < -0.39 is 49.5 Å². The molecule has 9 heteroatoms. The lowest BCUT2D eigenvalue weighted by molar-refractivity contribution is -0.302. The highest BCUT2D eigenvalue weighted by Crippen LogP contribution is 2.23. The van der Waals surface area contributed by atoms with Crippen molar-refractivity contribution in [1.82, 2.24) is 5.32 Å². The Labute approximate surface area is 373 Å². The molecule has 6 N–H and O–H groups in total. The molecule has 0 bridgehead atoms. The second kappa shape index (κ2) is 42.1. The molecule has 0 aromatic carbocycles. The van der Waals surface area contributed by atoms with Crippen molar-refractivity contribution in [2.45, 2.75) is 262 Å². The van der Waals surface area contributed by atoms with Gasteiger partial charge in [0.2, 0.25) is 5.91 Å². The van der Waals surface area contributed by atoms with E-state index in [0.717, 1.165) is 57.8 Å². The summed E-state index contributed by atoms with van der Waals surface area (Å²) in [6, 6.07) is -0.826. The maximum atomic E-state index is 13.0. The zero-order valence-electron chi connectivity index (χ0n) is 39.2. The molecular formula is C52H95NO8. The molecule has 0 radical (unpaired) electrons. The number of carbonyl (C=O) groups is 1. The standard InChI is InChI=1S/C52H95NO8/c1-3-5-7-9-11-13-15-16-17-18-19-20-21-22-23-24-25-26-27-28-29-30-32-34-36-38-40-42-48(56)53-45(44-60-52-51(59)50(58)49(57)47(43-54)61-52)46(55)41-39-37-35-33-31-14-12-10-8-6-4-2/h8,10,18-19,31,33,39,41,45-47,49-52,54-55,57-59H,3-7,9,11-17,20-30,32,34-38,40,42-44H2,1-2H3,(H,53,56)/b10-8+,19-18-,33-31+,41-39+. The highest BCUT2D eigenvalue weighted by Gasteiger charge is 2.44. The first-order valence-electron chi connectivity index (χ1n) is 25.4. The Hall–Kier alpha value is -1.85. The van der Waals surface area contributed by atoms with Gasteiger partial charge in [0.25, 0.3) is 0 Å². The van der Waals surface area contributed by atoms with Crippen LogP contribution in [0.3, 0.4) is 0 Å². The zero-order chi connectivity index (χ0) is 44.4. The topological polar surface area (TPSA) is 149 Å². The van der Waals surface area contributed by atoms with Gasteiger partial charge in [-0.05, 0) is 64.2 Å². The van der Waals surface area contributed by atoms with Gasteiger partial charge in [-0.3, -0.25) is 4.79 Å². The van der Waals surface area contributed by atoms with E-state index in [1.54, 1.807) is 6.08 Å². The van der Waals surface area contributed by atoms with E-state index in [2.05, 4.69) is 55.6 Å². The van der Waals surface area contributed by atoms with E-state index in [-0.39, 0.29) is 12.5 Å². The molecular weight excluding hydrogens is 767 g/mol. The maximum absolute atomic E-state index is 13.0. The van der Waals surface area contributed by atoms with Crippen molar-refractivity contribution in [1.29, 1.82) is 0 Å². The van der Waals surface area contributed by atoms with Crippen LogP contribution in [0.25, 0.3) is 0 Å². The minimum absolute atomic E-state index is 0.192. The Morgan fingerprint density at radius 1 is 0.541 bits per heavy atom. The molecule has 9 nitrogen and oxygen atoms in total. The maximum Gasteiger partial charge on any atom is 0.220 e. The van der Waals surface area contributed by atoms with Crippen molar-refractivity contribution < 1.29 is 39.8 Å². The summed E-state index contributed by atoms with van der Waals surface area (Å²) in [7, 11) is 0. The highest BCUT2D eigenvalue weighted by molar-refractivity contribution is 5.76. The number of nitrogens with one attached hydrogen (secondary N) is 1. The molecule has 0 aromatic rings. The van der Waals surface area contributed by atoms with E-state index >= 15 is 0 Å². The average molecular weight is 862 g/mol. The van der Waals surface area contributed by atoms with Gasteiger partial charge in [0.1, 0.15) is 24.4 Å². The van der Waals surface area contributed by atoms with Gasteiger partial charge in [0.05, 0.1) is 25.4 Å². The number of hydrogen-bond donors (Lipinski definition) is 6. The first kappa shape index (κ1) is 57.2. The molecule has 0 saturated carbocycles. The molecule has 1 fully saturated rings. The Morgan fingerprint density at radius 2 is 0.967 bits per heavy atom. The van der Waals surface area contributed by atoms with Crippen LogP contribution in [-0.4, -0.2) is 87.5 Å². The van der Waals surface area contributed by atoms with Crippen molar-refractivity contribution in [2.75, 3.05) is 13.2 Å². The molecule has 1 heterocycles. The normalized spacial score (nSPS) is 20.8. The summed E-state index contributed by atoms with van der Waals surface area (Å²) in [6.07, 6.45) is 47.6. The summed E-state index contributed by atoms with van der Waals surface area (Å²) in [5.74, 6) is -0.192. The quantitative estimate of drug-likeness (QED) is 0.0262. The molecule has 7 unspecified atom stereocenters. The van der Waals surface area contributed by atoms with Crippen molar-refractivity contribution in [2.24, 2.45) is 0 Å². The minimum Gasteiger partial charge on any atom is -0.394 e. The van der Waals surface area contributed by atoms with Gasteiger partial charge >= 0.3 is 0 Å². The molecule has 7 atom stereocenters. The van der Waals surface area contributed by atoms with Crippen molar-refractivity contribution >= 4 is 5.91 Å². The summed E-state index contributed by atoms with van der Waals surface area (Å²) in [4.78, 5) is 13.0. The first-order chi connectivity index (χ1) is 29.8. The number of hydrogen-bond acceptors (Lipinski definition) is 8. The van der Waals surface area contributed by atoms with Crippen molar-refractivity contribution in [3.05, 3.63) is 48.6 Å². The molecule has 0 spiro atoms. The Morgan fingerprint density at radius 3 is 1.44 bits per heavy atom. The lowest BCUT2D eigenvalue weighted by atomic mass is 9.99. The molecule has 61 heavy (non-hydrogen) atoms. The number of allylic oxidation sites excluding steroid dienone is 7. The van der Waals surface area contributed by atoms with Gasteiger partial charge in [-0.25, -0.2) is 0 Å². The summed E-state index contributed by atoms with van der Waals surface area (Å²) < 4.78 is 11.2. The smallest absolute Gasteiger partial charge is 0.220 e. The largest absolute Gasteiger partial charge is 0.394 e. The third-order valence-corrected chi connectivity index (χ3v) is 11.8. The second-order valence-corrected chi connectivity index (χ2v) is 17.6. The summed E-state index contributed by atoms with van der Waals surface area (Å²) in [6.45, 7) is 3.68. The van der Waals surface area contributed by atoms with Crippen LogP contribution >= 0.6 is 0 Å². The molecule has 1 amide bonds. The van der Waals surface area contributed by atoms with E-state index in [9.17, 15) is 30.3 Å². The number of unbranched alkanes of at least 4 members (excludes halogenated alkanes) is 26. The van der Waals surface area contributed by atoms with E-state index in [4.69, 9.17) is 9.47 Å². The van der Waals surface area contributed by atoms with Gasteiger partial charge in [-0.2, -0.15) is 0 Å². The van der Waals surface area contributed by atoms with Crippen LogP contribution < -0.4 is 5.32 Å². The first-order valence-corrected chi connectivity index (χ1v) is 25.4. The lowest BCUT2D eigenvalue weighted by Crippen LogP contribution is -2.60. The minimum atomic E-state index is -1.57. The summed E-state index contributed by atoms with van der Waals surface area (Å²) in [5, 5.41) is 54.1. The van der Waals surface area contributed by atoms with Crippen molar-refractivity contribution in [3.8, 4) is 0 Å².